The number of piperidine rings is 1. The smallest absolute Gasteiger partial charge is 0.165 e. The first-order valence-electron chi connectivity index (χ1n) is 8.18. The van der Waals surface area contributed by atoms with Gasteiger partial charge in [-0.3, -0.25) is 4.79 Å². The predicted octanol–water partition coefficient (Wildman–Crippen LogP) is 4.34. The molecule has 2 aliphatic rings. The zero-order chi connectivity index (χ0) is 13.8. The van der Waals surface area contributed by atoms with E-state index >= 15 is 0 Å². The Bertz CT molecular complexity index is 434. The fourth-order valence-electron chi connectivity index (χ4n) is 3.82. The molecule has 1 aliphatic carbocycles. The second kappa shape index (κ2) is 7.95. The molecule has 0 atom stereocenters. The van der Waals surface area contributed by atoms with Crippen molar-refractivity contribution in [1.29, 1.82) is 0 Å². The van der Waals surface area contributed by atoms with Gasteiger partial charge >= 0.3 is 0 Å². The van der Waals surface area contributed by atoms with E-state index < -0.39 is 0 Å². The summed E-state index contributed by atoms with van der Waals surface area (Å²) in [5.74, 6) is 0.626. The molecule has 0 amide bonds. The quantitative estimate of drug-likeness (QED) is 0.774. The highest BCUT2D eigenvalue weighted by Gasteiger charge is 2.30. The molecule has 1 saturated heterocycles. The lowest BCUT2D eigenvalue weighted by Gasteiger charge is -2.38. The third-order valence-electron chi connectivity index (χ3n) is 5.03. The molecular weight excluding hydrogens is 282 g/mol. The number of likely N-dealkylation sites (tertiary alicyclic amines) is 1. The summed E-state index contributed by atoms with van der Waals surface area (Å²) in [5, 5.41) is 0. The largest absolute Gasteiger partial charge is 0.300 e. The minimum atomic E-state index is 0. The summed E-state index contributed by atoms with van der Waals surface area (Å²) in [5.41, 5.74) is 0.897. The summed E-state index contributed by atoms with van der Waals surface area (Å²) in [6, 6.07) is 10.6. The van der Waals surface area contributed by atoms with Crippen molar-refractivity contribution in [3.05, 3.63) is 35.9 Å². The van der Waals surface area contributed by atoms with Gasteiger partial charge in [-0.25, -0.2) is 0 Å². The molecule has 0 aromatic heterocycles. The highest BCUT2D eigenvalue weighted by atomic mass is 35.5. The topological polar surface area (TPSA) is 20.3 Å². The van der Waals surface area contributed by atoms with Crippen molar-refractivity contribution in [2.24, 2.45) is 5.92 Å². The standard InChI is InChI=1S/C18H25NO.ClH/c20-18(15-7-3-1-4-8-15)16-9-11-17(12-10-16)19-13-5-2-6-14-19;/h1,3-4,7-8,16-17H,2,5-6,9-14H2;1H. The highest BCUT2D eigenvalue weighted by Crippen LogP contribution is 2.31. The normalized spacial score (nSPS) is 26.9. The Morgan fingerprint density at radius 2 is 1.52 bits per heavy atom. The van der Waals surface area contributed by atoms with E-state index in [1.54, 1.807) is 0 Å². The van der Waals surface area contributed by atoms with Crippen LogP contribution in [-0.4, -0.2) is 29.8 Å². The molecular formula is C18H26ClNO. The molecule has 0 unspecified atom stereocenters. The number of ketones is 1. The second-order valence-corrected chi connectivity index (χ2v) is 6.33. The molecule has 1 aliphatic heterocycles. The molecule has 1 saturated carbocycles. The van der Waals surface area contributed by atoms with Crippen LogP contribution in [0.4, 0.5) is 0 Å². The molecule has 1 aromatic carbocycles. The molecule has 2 fully saturated rings. The summed E-state index contributed by atoms with van der Waals surface area (Å²) in [6.45, 7) is 2.56. The molecule has 0 bridgehead atoms. The Morgan fingerprint density at radius 3 is 2.14 bits per heavy atom. The van der Waals surface area contributed by atoms with Gasteiger partial charge < -0.3 is 4.90 Å². The van der Waals surface area contributed by atoms with Gasteiger partial charge in [0.2, 0.25) is 0 Å². The van der Waals surface area contributed by atoms with Gasteiger partial charge in [-0.2, -0.15) is 0 Å². The van der Waals surface area contributed by atoms with Gasteiger partial charge in [0.25, 0.3) is 0 Å². The number of nitrogens with zero attached hydrogens (tertiary/aromatic N) is 1. The minimum Gasteiger partial charge on any atom is -0.300 e. The molecule has 0 radical (unpaired) electrons. The first kappa shape index (κ1) is 16.5. The maximum absolute atomic E-state index is 12.5. The van der Waals surface area contributed by atoms with Crippen LogP contribution in [0.5, 0.6) is 0 Å². The highest BCUT2D eigenvalue weighted by molar-refractivity contribution is 5.97. The van der Waals surface area contributed by atoms with Gasteiger partial charge in [0.05, 0.1) is 0 Å². The van der Waals surface area contributed by atoms with Crippen LogP contribution >= 0.6 is 12.4 Å². The number of halogens is 1. The van der Waals surface area contributed by atoms with E-state index in [9.17, 15) is 4.79 Å². The van der Waals surface area contributed by atoms with E-state index in [1.807, 2.05) is 30.3 Å². The molecule has 116 valence electrons. The molecule has 3 heteroatoms. The van der Waals surface area contributed by atoms with Crippen molar-refractivity contribution < 1.29 is 4.79 Å². The maximum Gasteiger partial charge on any atom is 0.165 e. The number of rotatable bonds is 3. The summed E-state index contributed by atoms with van der Waals surface area (Å²) in [6.07, 6.45) is 8.71. The Hall–Kier alpha value is -0.860. The van der Waals surface area contributed by atoms with Crippen LogP contribution in [-0.2, 0) is 0 Å². The molecule has 0 N–H and O–H groups in total. The third kappa shape index (κ3) is 4.08. The van der Waals surface area contributed by atoms with Crippen molar-refractivity contribution >= 4 is 18.2 Å². The number of carbonyl (C=O) groups is 1. The van der Waals surface area contributed by atoms with E-state index in [0.29, 0.717) is 5.78 Å². The summed E-state index contributed by atoms with van der Waals surface area (Å²) in [4.78, 5) is 15.1. The molecule has 1 heterocycles. The zero-order valence-electron chi connectivity index (χ0n) is 12.7. The Morgan fingerprint density at radius 1 is 0.905 bits per heavy atom. The van der Waals surface area contributed by atoms with Crippen LogP contribution in [0.2, 0.25) is 0 Å². The number of benzene rings is 1. The Kier molecular flexibility index (Phi) is 6.25. The van der Waals surface area contributed by atoms with Crippen LogP contribution < -0.4 is 0 Å². The van der Waals surface area contributed by atoms with Crippen molar-refractivity contribution in [3.8, 4) is 0 Å². The Balaban J connectivity index is 0.00000161. The van der Waals surface area contributed by atoms with Gasteiger partial charge in [0, 0.05) is 17.5 Å². The number of hydrogen-bond acceptors (Lipinski definition) is 2. The van der Waals surface area contributed by atoms with E-state index in [-0.39, 0.29) is 18.3 Å². The van der Waals surface area contributed by atoms with Crippen LogP contribution in [0, 0.1) is 5.92 Å². The lowest BCUT2D eigenvalue weighted by atomic mass is 9.80. The number of Topliss-reactive ketones (excluding diaryl/α,β-unsaturated/α-hetero) is 1. The van der Waals surface area contributed by atoms with Crippen LogP contribution in [0.15, 0.2) is 30.3 Å². The van der Waals surface area contributed by atoms with Gasteiger partial charge in [-0.05, 0) is 51.6 Å². The van der Waals surface area contributed by atoms with Crippen molar-refractivity contribution in [1.82, 2.24) is 4.90 Å². The first-order valence-corrected chi connectivity index (χ1v) is 8.18. The zero-order valence-corrected chi connectivity index (χ0v) is 13.5. The molecule has 1 aromatic rings. The first-order chi connectivity index (χ1) is 9.84. The van der Waals surface area contributed by atoms with Gasteiger partial charge in [-0.1, -0.05) is 36.8 Å². The van der Waals surface area contributed by atoms with E-state index in [0.717, 1.165) is 24.4 Å². The van der Waals surface area contributed by atoms with Crippen molar-refractivity contribution in [3.63, 3.8) is 0 Å². The minimum absolute atomic E-state index is 0. The fourth-order valence-corrected chi connectivity index (χ4v) is 3.82. The second-order valence-electron chi connectivity index (χ2n) is 6.33. The monoisotopic (exact) mass is 307 g/mol. The van der Waals surface area contributed by atoms with Crippen LogP contribution in [0.25, 0.3) is 0 Å². The van der Waals surface area contributed by atoms with Crippen molar-refractivity contribution in [2.75, 3.05) is 13.1 Å². The van der Waals surface area contributed by atoms with Crippen LogP contribution in [0.3, 0.4) is 0 Å². The summed E-state index contributed by atoms with van der Waals surface area (Å²) in [7, 11) is 0. The van der Waals surface area contributed by atoms with E-state index in [4.69, 9.17) is 0 Å². The predicted molar refractivity (Wildman–Crippen MR) is 89.2 cm³/mol. The molecule has 21 heavy (non-hydrogen) atoms. The molecule has 0 spiro atoms. The average molecular weight is 308 g/mol. The third-order valence-corrected chi connectivity index (χ3v) is 5.03. The molecule has 2 nitrogen and oxygen atoms in total. The average Bonchev–Trinajstić information content (AvgIpc) is 2.56. The van der Waals surface area contributed by atoms with E-state index in [2.05, 4.69) is 4.90 Å². The molecule has 3 rings (SSSR count). The summed E-state index contributed by atoms with van der Waals surface area (Å²) >= 11 is 0. The van der Waals surface area contributed by atoms with Gasteiger partial charge in [0.1, 0.15) is 0 Å². The van der Waals surface area contributed by atoms with Crippen molar-refractivity contribution in [2.45, 2.75) is 51.0 Å². The fraction of sp³-hybridized carbons (Fsp3) is 0.611. The number of carbonyl (C=O) groups excluding carboxylic acids is 1. The van der Waals surface area contributed by atoms with Gasteiger partial charge in [-0.15, -0.1) is 12.4 Å². The Labute approximate surface area is 134 Å². The lowest BCUT2D eigenvalue weighted by Crippen LogP contribution is -2.42. The summed E-state index contributed by atoms with van der Waals surface area (Å²) < 4.78 is 0. The number of hydrogen-bond donors (Lipinski definition) is 0. The van der Waals surface area contributed by atoms with Gasteiger partial charge in [0.15, 0.2) is 5.78 Å². The maximum atomic E-state index is 12.5. The van der Waals surface area contributed by atoms with E-state index in [1.165, 1.54) is 45.2 Å². The van der Waals surface area contributed by atoms with Crippen LogP contribution in [0.1, 0.15) is 55.3 Å². The SMILES string of the molecule is Cl.O=C(c1ccccc1)C1CCC(N2CCCCC2)CC1. The lowest BCUT2D eigenvalue weighted by molar-refractivity contribution is 0.0795.